The number of benzene rings is 2. The Morgan fingerprint density at radius 2 is 1.56 bits per heavy atom. The lowest BCUT2D eigenvalue weighted by molar-refractivity contribution is 0.147. The summed E-state index contributed by atoms with van der Waals surface area (Å²) in [7, 11) is -1.67. The molecule has 172 valence electrons. The Bertz CT molecular complexity index is 942. The lowest BCUT2D eigenvalue weighted by Gasteiger charge is -2.56. The largest absolute Gasteiger partial charge is 0.322 e. The van der Waals surface area contributed by atoms with Gasteiger partial charge in [0, 0.05) is 33.1 Å². The van der Waals surface area contributed by atoms with E-state index < -0.39 is 10.3 Å². The number of rotatable bonds is 5. The summed E-state index contributed by atoms with van der Waals surface area (Å²) in [4.78, 5) is 2.64. The monoisotopic (exact) mass is 449 g/mol. The first-order valence-corrected chi connectivity index (χ1v) is 13.4. The molecule has 3 heteroatoms. The molecule has 1 aliphatic heterocycles. The standard InChI is InChI=1S/C27H33NOS.C2H6/c1-21(28-20-22-13-7-5-8-14-22)26-23-15-11-12-18-25(19-23)30(29-26,27(2,3)4)24-16-9-6-10-17-24;1-2/h5-19,21,23,26,28H,20H2,1-4H3;1-2H3. The van der Waals surface area contributed by atoms with Gasteiger partial charge in [0.1, 0.15) is 0 Å². The first-order valence-electron chi connectivity index (χ1n) is 11.8. The summed E-state index contributed by atoms with van der Waals surface area (Å²) < 4.78 is 7.24. The average molecular weight is 450 g/mol. The summed E-state index contributed by atoms with van der Waals surface area (Å²) in [5.74, 6) is 0.264. The molecule has 2 nitrogen and oxygen atoms in total. The third kappa shape index (κ3) is 4.96. The highest BCUT2D eigenvalue weighted by Gasteiger charge is 2.48. The van der Waals surface area contributed by atoms with E-state index in [4.69, 9.17) is 4.18 Å². The molecule has 0 radical (unpaired) electrons. The Kier molecular flexibility index (Phi) is 8.21. The second kappa shape index (κ2) is 10.7. The number of hydrogen-bond donors (Lipinski definition) is 1. The van der Waals surface area contributed by atoms with Gasteiger partial charge in [0.2, 0.25) is 0 Å². The quantitative estimate of drug-likeness (QED) is 0.503. The molecule has 2 aromatic carbocycles. The van der Waals surface area contributed by atoms with Crippen molar-refractivity contribution in [3.05, 3.63) is 102 Å². The van der Waals surface area contributed by atoms with E-state index in [1.807, 2.05) is 13.8 Å². The molecule has 4 unspecified atom stereocenters. The molecular weight excluding hydrogens is 410 g/mol. The van der Waals surface area contributed by atoms with E-state index in [-0.39, 0.29) is 22.8 Å². The van der Waals surface area contributed by atoms with Crippen LogP contribution in [0.4, 0.5) is 0 Å². The molecule has 0 saturated carbocycles. The van der Waals surface area contributed by atoms with E-state index >= 15 is 0 Å². The van der Waals surface area contributed by atoms with E-state index in [9.17, 15) is 0 Å². The molecule has 32 heavy (non-hydrogen) atoms. The zero-order valence-electron chi connectivity index (χ0n) is 20.4. The predicted octanol–water partition coefficient (Wildman–Crippen LogP) is 7.79. The summed E-state index contributed by atoms with van der Waals surface area (Å²) in [6.45, 7) is 14.1. The van der Waals surface area contributed by atoms with E-state index in [1.165, 1.54) is 15.4 Å². The molecule has 4 atom stereocenters. The van der Waals surface area contributed by atoms with Crippen LogP contribution in [0.15, 0.2) is 101 Å². The third-order valence-electron chi connectivity index (χ3n) is 5.93. The molecule has 0 spiro atoms. The van der Waals surface area contributed by atoms with Crippen molar-refractivity contribution in [2.24, 2.45) is 5.92 Å². The predicted molar refractivity (Wildman–Crippen MR) is 141 cm³/mol. The van der Waals surface area contributed by atoms with Gasteiger partial charge >= 0.3 is 0 Å². The molecule has 2 aromatic rings. The zero-order chi connectivity index (χ0) is 23.2. The minimum absolute atomic E-state index is 0.0305. The van der Waals surface area contributed by atoms with E-state index in [0.717, 1.165) is 6.54 Å². The summed E-state index contributed by atoms with van der Waals surface area (Å²) in [5.41, 5.74) is 1.30. The van der Waals surface area contributed by atoms with Gasteiger partial charge in [0.05, 0.1) is 6.10 Å². The Hall–Kier alpha value is -2.07. The molecular formula is C29H39NOS. The maximum Gasteiger partial charge on any atom is 0.0957 e. The van der Waals surface area contributed by atoms with Crippen molar-refractivity contribution in [1.29, 1.82) is 0 Å². The number of allylic oxidation sites excluding steroid dienone is 3. The van der Waals surface area contributed by atoms with Crippen LogP contribution in [0.2, 0.25) is 0 Å². The second-order valence-corrected chi connectivity index (χ2v) is 12.6. The number of fused-ring (bicyclic) bond motifs is 1. The lowest BCUT2D eigenvalue weighted by atomic mass is 9.96. The van der Waals surface area contributed by atoms with Gasteiger partial charge in [0.15, 0.2) is 0 Å². The fraction of sp³-hybridized carbons (Fsp3) is 0.379. The summed E-state index contributed by atoms with van der Waals surface area (Å²) in [6, 6.07) is 21.7. The second-order valence-electron chi connectivity index (χ2n) is 9.09. The van der Waals surface area contributed by atoms with Gasteiger partial charge in [-0.1, -0.05) is 97.0 Å². The first kappa shape index (κ1) is 24.6. The Morgan fingerprint density at radius 1 is 0.938 bits per heavy atom. The molecule has 4 rings (SSSR count). The molecule has 2 aliphatic rings. The highest BCUT2D eigenvalue weighted by Crippen LogP contribution is 2.74. The van der Waals surface area contributed by atoms with Crippen molar-refractivity contribution in [2.45, 2.75) is 69.9 Å². The maximum absolute atomic E-state index is 7.27. The Balaban J connectivity index is 0.00000141. The highest BCUT2D eigenvalue weighted by atomic mass is 32.3. The van der Waals surface area contributed by atoms with Crippen LogP contribution in [-0.4, -0.2) is 16.9 Å². The third-order valence-corrected chi connectivity index (χ3v) is 10.0. The summed E-state index contributed by atoms with van der Waals surface area (Å²) >= 11 is 0. The van der Waals surface area contributed by atoms with Crippen LogP contribution in [0.25, 0.3) is 0 Å². The van der Waals surface area contributed by atoms with Gasteiger partial charge in [-0.15, -0.1) is 0 Å². The molecule has 2 bridgehead atoms. The molecule has 1 aliphatic carbocycles. The minimum atomic E-state index is -1.67. The first-order chi connectivity index (χ1) is 15.4. The fourth-order valence-corrected chi connectivity index (χ4v) is 8.37. The molecule has 0 amide bonds. The Labute approximate surface area is 197 Å². The minimum Gasteiger partial charge on any atom is -0.322 e. The smallest absolute Gasteiger partial charge is 0.0957 e. The van der Waals surface area contributed by atoms with Crippen LogP contribution in [0.1, 0.15) is 47.1 Å². The van der Waals surface area contributed by atoms with Crippen molar-refractivity contribution in [3.63, 3.8) is 0 Å². The van der Waals surface area contributed by atoms with Gasteiger partial charge in [-0.3, -0.25) is 0 Å². The fourth-order valence-electron chi connectivity index (χ4n) is 4.39. The Morgan fingerprint density at radius 3 is 2.19 bits per heavy atom. The summed E-state index contributed by atoms with van der Waals surface area (Å²) in [5, 5.41) is 3.74. The van der Waals surface area contributed by atoms with Crippen LogP contribution < -0.4 is 5.32 Å². The van der Waals surface area contributed by atoms with Crippen LogP contribution in [0, 0.1) is 5.92 Å². The van der Waals surface area contributed by atoms with Crippen molar-refractivity contribution in [3.8, 4) is 0 Å². The normalized spacial score (nSPS) is 27.2. The SMILES string of the molecule is CC.CC(NCc1ccccc1)C1OS(c2ccccc2)(C(C)(C)C)C2=CC1C=CC=C2. The van der Waals surface area contributed by atoms with Crippen LogP contribution in [0.3, 0.4) is 0 Å². The zero-order valence-corrected chi connectivity index (χ0v) is 21.2. The average Bonchev–Trinajstić information content (AvgIpc) is 3.03. The van der Waals surface area contributed by atoms with Crippen molar-refractivity contribution >= 4 is 10.3 Å². The van der Waals surface area contributed by atoms with Crippen LogP contribution >= 0.6 is 10.3 Å². The van der Waals surface area contributed by atoms with E-state index in [1.54, 1.807) is 0 Å². The molecule has 1 N–H and O–H groups in total. The number of hydrogen-bond acceptors (Lipinski definition) is 2. The van der Waals surface area contributed by atoms with E-state index in [0.29, 0.717) is 0 Å². The van der Waals surface area contributed by atoms with Gasteiger partial charge in [-0.05, 0) is 51.5 Å². The molecule has 0 saturated heterocycles. The van der Waals surface area contributed by atoms with Crippen LogP contribution in [-0.2, 0) is 10.7 Å². The van der Waals surface area contributed by atoms with Crippen molar-refractivity contribution in [2.75, 3.05) is 0 Å². The van der Waals surface area contributed by atoms with Crippen LogP contribution in [0.5, 0.6) is 0 Å². The molecule has 1 heterocycles. The topological polar surface area (TPSA) is 21.3 Å². The summed E-state index contributed by atoms with van der Waals surface area (Å²) in [6.07, 6.45) is 11.4. The van der Waals surface area contributed by atoms with Gasteiger partial charge in [-0.25, -0.2) is 0 Å². The van der Waals surface area contributed by atoms with Crippen molar-refractivity contribution in [1.82, 2.24) is 5.32 Å². The maximum atomic E-state index is 7.27. The lowest BCUT2D eigenvalue weighted by Crippen LogP contribution is -2.47. The molecule has 0 fully saturated rings. The van der Waals surface area contributed by atoms with Gasteiger partial charge < -0.3 is 9.50 Å². The van der Waals surface area contributed by atoms with Crippen molar-refractivity contribution < 1.29 is 4.18 Å². The van der Waals surface area contributed by atoms with Gasteiger partial charge in [0.25, 0.3) is 0 Å². The highest BCUT2D eigenvalue weighted by molar-refractivity contribution is 8.34. The van der Waals surface area contributed by atoms with Gasteiger partial charge in [-0.2, -0.15) is 0 Å². The molecule has 0 aromatic heterocycles. The van der Waals surface area contributed by atoms with E-state index in [2.05, 4.69) is 124 Å². The number of nitrogens with one attached hydrogen (secondary N) is 1.